The minimum Gasteiger partial charge on any atom is -0.348 e. The van der Waals surface area contributed by atoms with Gasteiger partial charge >= 0.3 is 0 Å². The van der Waals surface area contributed by atoms with Crippen molar-refractivity contribution in [2.75, 3.05) is 0 Å². The minimum atomic E-state index is -2.59. The smallest absolute Gasteiger partial charge is 0.269 e. The molecule has 0 saturated heterocycles. The van der Waals surface area contributed by atoms with Gasteiger partial charge < -0.3 is 5.32 Å². The molecule has 1 fully saturated rings. The zero-order valence-corrected chi connectivity index (χ0v) is 12.0. The van der Waals surface area contributed by atoms with E-state index in [9.17, 15) is 13.6 Å². The number of aromatic amines is 1. The number of carbonyl (C=O) groups is 1. The summed E-state index contributed by atoms with van der Waals surface area (Å²) in [6.07, 6.45) is 0.267. The fraction of sp³-hybridized carbons (Fsp3) is 0.375. The second-order valence-corrected chi connectivity index (χ2v) is 5.64. The largest absolute Gasteiger partial charge is 0.348 e. The molecule has 1 aliphatic carbocycles. The molecule has 4 nitrogen and oxygen atoms in total. The Labute approximate surface area is 126 Å². The molecule has 1 amide bonds. The zero-order chi connectivity index (χ0) is 15.6. The summed E-state index contributed by atoms with van der Waals surface area (Å²) in [5, 5.41) is 9.61. The number of H-pyrrole nitrogens is 1. The highest BCUT2D eigenvalue weighted by molar-refractivity contribution is 5.93. The fourth-order valence-electron chi connectivity index (χ4n) is 2.64. The van der Waals surface area contributed by atoms with Gasteiger partial charge in [-0.2, -0.15) is 5.10 Å². The van der Waals surface area contributed by atoms with Crippen LogP contribution >= 0.6 is 0 Å². The lowest BCUT2D eigenvalue weighted by Crippen LogP contribution is -2.40. The van der Waals surface area contributed by atoms with Crippen LogP contribution in [0.4, 0.5) is 8.78 Å². The van der Waals surface area contributed by atoms with Crippen molar-refractivity contribution in [1.29, 1.82) is 0 Å². The molecule has 1 aromatic heterocycles. The van der Waals surface area contributed by atoms with Crippen molar-refractivity contribution >= 4 is 5.91 Å². The van der Waals surface area contributed by atoms with Crippen LogP contribution in [0.5, 0.6) is 0 Å². The van der Waals surface area contributed by atoms with Crippen LogP contribution in [-0.2, 0) is 0 Å². The highest BCUT2D eigenvalue weighted by Crippen LogP contribution is 2.33. The molecule has 1 aliphatic rings. The first-order chi connectivity index (χ1) is 10.5. The highest BCUT2D eigenvalue weighted by Gasteiger charge is 2.35. The van der Waals surface area contributed by atoms with E-state index >= 15 is 0 Å². The molecule has 0 aliphatic heterocycles. The maximum atomic E-state index is 13.1. The van der Waals surface area contributed by atoms with Crippen molar-refractivity contribution in [2.24, 2.45) is 0 Å². The third kappa shape index (κ3) is 3.32. The molecule has 6 heteroatoms. The first kappa shape index (κ1) is 14.7. The van der Waals surface area contributed by atoms with Crippen LogP contribution in [0.25, 0.3) is 11.3 Å². The molecule has 22 heavy (non-hydrogen) atoms. The predicted molar refractivity (Wildman–Crippen MR) is 78.7 cm³/mol. The predicted octanol–water partition coefficient (Wildman–Crippen LogP) is 3.38. The van der Waals surface area contributed by atoms with Gasteiger partial charge in [-0.15, -0.1) is 0 Å². The lowest BCUT2D eigenvalue weighted by Gasteiger charge is -2.28. The maximum Gasteiger partial charge on any atom is 0.269 e. The Morgan fingerprint density at radius 2 is 1.91 bits per heavy atom. The first-order valence-electron chi connectivity index (χ1n) is 7.33. The van der Waals surface area contributed by atoms with Gasteiger partial charge in [0.1, 0.15) is 5.69 Å². The van der Waals surface area contributed by atoms with Crippen molar-refractivity contribution < 1.29 is 13.6 Å². The number of benzene rings is 1. The highest BCUT2D eigenvalue weighted by atomic mass is 19.3. The van der Waals surface area contributed by atoms with Gasteiger partial charge in [0, 0.05) is 24.4 Å². The minimum absolute atomic E-state index is 0.170. The van der Waals surface area contributed by atoms with E-state index in [0.717, 1.165) is 5.56 Å². The molecule has 2 N–H and O–H groups in total. The lowest BCUT2D eigenvalue weighted by atomic mass is 9.92. The number of nitrogens with zero attached hydrogens (tertiary/aromatic N) is 1. The Morgan fingerprint density at radius 3 is 2.59 bits per heavy atom. The van der Waals surface area contributed by atoms with Crippen LogP contribution in [0.1, 0.15) is 36.2 Å². The first-order valence-corrected chi connectivity index (χ1v) is 7.33. The number of rotatable bonds is 3. The second-order valence-electron chi connectivity index (χ2n) is 5.64. The van der Waals surface area contributed by atoms with Gasteiger partial charge in [0.05, 0.1) is 5.69 Å². The fourth-order valence-corrected chi connectivity index (χ4v) is 2.64. The average Bonchev–Trinajstić information content (AvgIpc) is 3.00. The number of aromatic nitrogens is 2. The zero-order valence-electron chi connectivity index (χ0n) is 12.0. The Bertz CT molecular complexity index is 644. The van der Waals surface area contributed by atoms with E-state index in [-0.39, 0.29) is 24.8 Å². The van der Waals surface area contributed by atoms with Crippen LogP contribution in [0, 0.1) is 0 Å². The number of hydrogen-bond acceptors (Lipinski definition) is 2. The molecule has 0 unspecified atom stereocenters. The van der Waals surface area contributed by atoms with Crippen LogP contribution in [-0.4, -0.2) is 28.1 Å². The molecule has 0 spiro atoms. The second kappa shape index (κ2) is 5.87. The van der Waals surface area contributed by atoms with Crippen molar-refractivity contribution in [3.63, 3.8) is 0 Å². The molecule has 3 rings (SSSR count). The van der Waals surface area contributed by atoms with Gasteiger partial charge in [-0.1, -0.05) is 30.3 Å². The van der Waals surface area contributed by atoms with E-state index in [1.807, 2.05) is 30.3 Å². The molecule has 1 saturated carbocycles. The molecular formula is C16H17F2N3O. The van der Waals surface area contributed by atoms with Crippen molar-refractivity contribution in [3.8, 4) is 11.3 Å². The number of nitrogens with one attached hydrogen (secondary N) is 2. The van der Waals surface area contributed by atoms with Crippen LogP contribution in [0.15, 0.2) is 36.4 Å². The van der Waals surface area contributed by atoms with E-state index in [4.69, 9.17) is 0 Å². The van der Waals surface area contributed by atoms with E-state index in [1.54, 1.807) is 6.07 Å². The Kier molecular flexibility index (Phi) is 3.92. The van der Waals surface area contributed by atoms with E-state index in [0.29, 0.717) is 24.2 Å². The quantitative estimate of drug-likeness (QED) is 0.913. The Balaban J connectivity index is 1.63. The molecule has 1 aromatic carbocycles. The Morgan fingerprint density at radius 1 is 1.23 bits per heavy atom. The number of alkyl halides is 2. The average molecular weight is 305 g/mol. The standard InChI is InChI=1S/C16H17F2N3O/c17-16(18)8-6-12(7-9-16)19-15(22)14-10-13(20-21-14)11-4-2-1-3-5-11/h1-5,10,12H,6-9H2,(H,19,22)(H,20,21). The molecule has 0 atom stereocenters. The summed E-state index contributed by atoms with van der Waals surface area (Å²) in [5.41, 5.74) is 1.94. The van der Waals surface area contributed by atoms with Crippen LogP contribution in [0.2, 0.25) is 0 Å². The number of halogens is 2. The molecule has 1 heterocycles. The van der Waals surface area contributed by atoms with Gasteiger partial charge in [0.25, 0.3) is 5.91 Å². The van der Waals surface area contributed by atoms with Crippen LogP contribution < -0.4 is 5.32 Å². The van der Waals surface area contributed by atoms with Crippen molar-refractivity contribution in [2.45, 2.75) is 37.6 Å². The van der Waals surface area contributed by atoms with Gasteiger partial charge in [-0.3, -0.25) is 9.89 Å². The van der Waals surface area contributed by atoms with Gasteiger partial charge in [0.15, 0.2) is 0 Å². The molecule has 0 bridgehead atoms. The van der Waals surface area contributed by atoms with Crippen LogP contribution in [0.3, 0.4) is 0 Å². The molecule has 0 radical (unpaired) electrons. The SMILES string of the molecule is O=C(NC1CCC(F)(F)CC1)c1cc(-c2ccccc2)n[nH]1. The van der Waals surface area contributed by atoms with Crippen molar-refractivity contribution in [1.82, 2.24) is 15.5 Å². The summed E-state index contributed by atoms with van der Waals surface area (Å²) < 4.78 is 26.2. The number of amides is 1. The summed E-state index contributed by atoms with van der Waals surface area (Å²) in [6.45, 7) is 0. The van der Waals surface area contributed by atoms with E-state index in [1.165, 1.54) is 0 Å². The summed E-state index contributed by atoms with van der Waals surface area (Å²) in [7, 11) is 0. The van der Waals surface area contributed by atoms with Gasteiger partial charge in [-0.25, -0.2) is 8.78 Å². The van der Waals surface area contributed by atoms with E-state index < -0.39 is 5.92 Å². The summed E-state index contributed by atoms with van der Waals surface area (Å²) in [4.78, 5) is 12.1. The van der Waals surface area contributed by atoms with Gasteiger partial charge in [-0.05, 0) is 18.9 Å². The third-order valence-corrected chi connectivity index (χ3v) is 3.94. The van der Waals surface area contributed by atoms with E-state index in [2.05, 4.69) is 15.5 Å². The monoisotopic (exact) mass is 305 g/mol. The summed E-state index contributed by atoms with van der Waals surface area (Å²) >= 11 is 0. The normalized spacial score (nSPS) is 18.1. The molecule has 2 aromatic rings. The maximum absolute atomic E-state index is 13.1. The van der Waals surface area contributed by atoms with Gasteiger partial charge in [0.2, 0.25) is 5.92 Å². The lowest BCUT2D eigenvalue weighted by molar-refractivity contribution is -0.0399. The topological polar surface area (TPSA) is 57.8 Å². The summed E-state index contributed by atoms with van der Waals surface area (Å²) in [5.74, 6) is -2.89. The molecular weight excluding hydrogens is 288 g/mol. The number of hydrogen-bond donors (Lipinski definition) is 2. The Hall–Kier alpha value is -2.24. The summed E-state index contributed by atoms with van der Waals surface area (Å²) in [6, 6.07) is 11.0. The van der Waals surface area contributed by atoms with Crippen molar-refractivity contribution in [3.05, 3.63) is 42.1 Å². The third-order valence-electron chi connectivity index (χ3n) is 3.94. The number of carbonyl (C=O) groups excluding carboxylic acids is 1. The molecule has 116 valence electrons.